The van der Waals surface area contributed by atoms with Crippen molar-refractivity contribution in [1.29, 1.82) is 0 Å². The number of nitrogens with one attached hydrogen (secondary N) is 3. The fourth-order valence-corrected chi connectivity index (χ4v) is 4.77. The van der Waals surface area contributed by atoms with E-state index in [1.807, 2.05) is 19.4 Å². The van der Waals surface area contributed by atoms with Gasteiger partial charge in [-0.05, 0) is 64.8 Å². The lowest BCUT2D eigenvalue weighted by Crippen LogP contribution is -2.05. The van der Waals surface area contributed by atoms with Gasteiger partial charge < -0.3 is 10.3 Å². The summed E-state index contributed by atoms with van der Waals surface area (Å²) in [6.45, 7) is 0.783. The number of pyridine rings is 1. The maximum absolute atomic E-state index is 4.95. The van der Waals surface area contributed by atoms with E-state index in [4.69, 9.17) is 4.98 Å². The topological polar surface area (TPSA) is 82.3 Å². The molecule has 0 saturated heterocycles. The molecule has 6 rings (SSSR count). The minimum Gasteiger partial charge on any atom is -0.337 e. The molecule has 0 saturated carbocycles. The van der Waals surface area contributed by atoms with Crippen LogP contribution in [0.25, 0.3) is 55.7 Å². The van der Waals surface area contributed by atoms with Crippen LogP contribution in [0, 0.1) is 0 Å². The van der Waals surface area contributed by atoms with Crippen molar-refractivity contribution in [2.24, 2.45) is 0 Å². The van der Waals surface area contributed by atoms with Gasteiger partial charge in [0.05, 0.1) is 16.6 Å². The van der Waals surface area contributed by atoms with Gasteiger partial charge in [0, 0.05) is 35.5 Å². The highest BCUT2D eigenvalue weighted by atomic mass is 32.1. The first-order valence-corrected chi connectivity index (χ1v) is 11.3. The van der Waals surface area contributed by atoms with Gasteiger partial charge in [-0.3, -0.25) is 10.1 Å². The van der Waals surface area contributed by atoms with E-state index < -0.39 is 0 Å². The minimum atomic E-state index is 0.758. The molecule has 0 aliphatic carbocycles. The van der Waals surface area contributed by atoms with Crippen LogP contribution in [0.1, 0.15) is 5.56 Å². The van der Waals surface area contributed by atoms with Crippen LogP contribution in [-0.2, 0) is 6.54 Å². The van der Waals surface area contributed by atoms with Crippen LogP contribution >= 0.6 is 11.3 Å². The number of rotatable bonds is 5. The van der Waals surface area contributed by atoms with Crippen molar-refractivity contribution in [3.8, 4) is 33.8 Å². The molecule has 0 unspecified atom stereocenters. The van der Waals surface area contributed by atoms with Crippen LogP contribution in [0.5, 0.6) is 0 Å². The van der Waals surface area contributed by atoms with Crippen LogP contribution in [0.15, 0.2) is 71.7 Å². The second-order valence-electron chi connectivity index (χ2n) is 7.74. The Morgan fingerprint density at radius 3 is 2.81 bits per heavy atom. The maximum Gasteiger partial charge on any atom is 0.159 e. The minimum absolute atomic E-state index is 0.758. The highest BCUT2D eigenvalue weighted by Gasteiger charge is 2.16. The molecule has 4 aromatic heterocycles. The quantitative estimate of drug-likeness (QED) is 0.328. The smallest absolute Gasteiger partial charge is 0.159 e. The number of imidazole rings is 1. The molecular weight excluding hydrogens is 416 g/mol. The van der Waals surface area contributed by atoms with E-state index >= 15 is 0 Å². The first-order chi connectivity index (χ1) is 15.8. The molecule has 0 amide bonds. The van der Waals surface area contributed by atoms with Gasteiger partial charge in [0.15, 0.2) is 5.82 Å². The average Bonchev–Trinajstić information content (AvgIpc) is 3.57. The standard InChI is InChI=1S/C25H20N6S/c1-26-11-15-9-18(13-27-12-15)16-5-6-21-20(10-16)24(31-30-21)25-28-22-4-2-3-19(23(22)29-25)17-7-8-32-14-17/h2-10,12-14,26H,11H2,1H3,(H,28,29)(H,30,31). The third-order valence-corrected chi connectivity index (χ3v) is 6.32. The molecular formula is C25H20N6S. The second kappa shape index (κ2) is 7.71. The van der Waals surface area contributed by atoms with Crippen molar-refractivity contribution < 1.29 is 0 Å². The number of aromatic amines is 2. The number of para-hydroxylation sites is 1. The van der Waals surface area contributed by atoms with Crippen LogP contribution in [0.3, 0.4) is 0 Å². The van der Waals surface area contributed by atoms with Crippen molar-refractivity contribution >= 4 is 33.3 Å². The summed E-state index contributed by atoms with van der Waals surface area (Å²) in [7, 11) is 1.94. The van der Waals surface area contributed by atoms with Crippen LogP contribution < -0.4 is 5.32 Å². The second-order valence-corrected chi connectivity index (χ2v) is 8.52. The Balaban J connectivity index is 1.47. The van der Waals surface area contributed by atoms with Crippen molar-refractivity contribution in [2.75, 3.05) is 7.05 Å². The highest BCUT2D eigenvalue weighted by Crippen LogP contribution is 2.33. The van der Waals surface area contributed by atoms with Crippen molar-refractivity contribution in [2.45, 2.75) is 6.54 Å². The number of fused-ring (bicyclic) bond motifs is 2. The Morgan fingerprint density at radius 2 is 1.94 bits per heavy atom. The molecule has 0 aliphatic rings. The highest BCUT2D eigenvalue weighted by molar-refractivity contribution is 7.08. The summed E-state index contributed by atoms with van der Waals surface area (Å²) in [5.74, 6) is 0.758. The number of hydrogen-bond acceptors (Lipinski definition) is 5. The molecule has 156 valence electrons. The Bertz CT molecular complexity index is 1540. The number of hydrogen-bond donors (Lipinski definition) is 3. The van der Waals surface area contributed by atoms with Crippen LogP contribution in [0.4, 0.5) is 0 Å². The monoisotopic (exact) mass is 436 g/mol. The number of aromatic nitrogens is 5. The molecule has 3 N–H and O–H groups in total. The van der Waals surface area contributed by atoms with Crippen molar-refractivity contribution in [3.63, 3.8) is 0 Å². The van der Waals surface area contributed by atoms with Gasteiger partial charge in [-0.1, -0.05) is 18.2 Å². The third-order valence-electron chi connectivity index (χ3n) is 5.64. The fourth-order valence-electron chi connectivity index (χ4n) is 4.12. The summed E-state index contributed by atoms with van der Waals surface area (Å²) in [6.07, 6.45) is 3.79. The van der Waals surface area contributed by atoms with Gasteiger partial charge in [-0.15, -0.1) is 0 Å². The summed E-state index contributed by atoms with van der Waals surface area (Å²) >= 11 is 1.69. The molecule has 0 fully saturated rings. The van der Waals surface area contributed by atoms with E-state index in [1.165, 1.54) is 5.56 Å². The molecule has 6 nitrogen and oxygen atoms in total. The zero-order valence-electron chi connectivity index (χ0n) is 17.4. The number of benzene rings is 2. The van der Waals surface area contributed by atoms with E-state index in [9.17, 15) is 0 Å². The lowest BCUT2D eigenvalue weighted by Gasteiger charge is -2.05. The zero-order valence-corrected chi connectivity index (χ0v) is 18.2. The molecule has 4 heterocycles. The van der Waals surface area contributed by atoms with Crippen LogP contribution in [-0.4, -0.2) is 32.2 Å². The predicted octanol–water partition coefficient (Wildman–Crippen LogP) is 5.62. The van der Waals surface area contributed by atoms with Gasteiger partial charge >= 0.3 is 0 Å². The van der Waals surface area contributed by atoms with E-state index in [0.717, 1.165) is 62.3 Å². The number of nitrogens with zero attached hydrogens (tertiary/aromatic N) is 3. The molecule has 7 heteroatoms. The average molecular weight is 437 g/mol. The van der Waals surface area contributed by atoms with Gasteiger partial charge in [-0.2, -0.15) is 16.4 Å². The summed E-state index contributed by atoms with van der Waals surface area (Å²) in [5.41, 5.74) is 9.38. The largest absolute Gasteiger partial charge is 0.337 e. The lowest BCUT2D eigenvalue weighted by molar-refractivity contribution is 0.813. The number of thiophene rings is 1. The molecule has 0 aliphatic heterocycles. The van der Waals surface area contributed by atoms with Gasteiger partial charge in [0.25, 0.3) is 0 Å². The van der Waals surface area contributed by atoms with E-state index in [2.05, 4.69) is 84.8 Å². The van der Waals surface area contributed by atoms with E-state index in [1.54, 1.807) is 11.3 Å². The molecule has 0 radical (unpaired) electrons. The van der Waals surface area contributed by atoms with Crippen LogP contribution in [0.2, 0.25) is 0 Å². The third kappa shape index (κ3) is 3.19. The molecule has 32 heavy (non-hydrogen) atoms. The lowest BCUT2D eigenvalue weighted by atomic mass is 10.0. The molecule has 0 atom stereocenters. The SMILES string of the molecule is CNCc1cncc(-c2ccc3[nH]nc(-c4nc5c(-c6ccsc6)cccc5[nH]4)c3c2)c1. The van der Waals surface area contributed by atoms with Gasteiger partial charge in [-0.25, -0.2) is 4.98 Å². The number of H-pyrrole nitrogens is 2. The fraction of sp³-hybridized carbons (Fsp3) is 0.0800. The predicted molar refractivity (Wildman–Crippen MR) is 130 cm³/mol. The Kier molecular flexibility index (Phi) is 4.56. The Labute approximate surface area is 188 Å². The molecule has 2 aromatic carbocycles. The first-order valence-electron chi connectivity index (χ1n) is 10.4. The molecule has 0 spiro atoms. The van der Waals surface area contributed by atoms with Crippen molar-refractivity contribution in [3.05, 3.63) is 77.2 Å². The molecule has 0 bridgehead atoms. The molecule has 6 aromatic rings. The first kappa shape index (κ1) is 18.9. The van der Waals surface area contributed by atoms with Gasteiger partial charge in [0.2, 0.25) is 0 Å². The van der Waals surface area contributed by atoms with E-state index in [0.29, 0.717) is 0 Å². The van der Waals surface area contributed by atoms with E-state index in [-0.39, 0.29) is 0 Å². The zero-order chi connectivity index (χ0) is 21.5. The normalized spacial score (nSPS) is 11.5. The summed E-state index contributed by atoms with van der Waals surface area (Å²) in [6, 6.07) is 16.8. The maximum atomic E-state index is 4.95. The summed E-state index contributed by atoms with van der Waals surface area (Å²) in [4.78, 5) is 12.8. The summed E-state index contributed by atoms with van der Waals surface area (Å²) < 4.78 is 0. The van der Waals surface area contributed by atoms with Crippen molar-refractivity contribution in [1.82, 2.24) is 30.5 Å². The Morgan fingerprint density at radius 1 is 0.969 bits per heavy atom. The van der Waals surface area contributed by atoms with Gasteiger partial charge in [0.1, 0.15) is 5.69 Å². The Hall–Kier alpha value is -3.81. The summed E-state index contributed by atoms with van der Waals surface area (Å²) in [5, 5.41) is 16.2.